The van der Waals surface area contributed by atoms with Gasteiger partial charge in [-0.2, -0.15) is 0 Å². The van der Waals surface area contributed by atoms with Crippen LogP contribution in [-0.4, -0.2) is 38.4 Å². The Labute approximate surface area is 332 Å². The molecule has 0 heterocycles. The van der Waals surface area contributed by atoms with Crippen LogP contribution in [0.25, 0.3) is 43.1 Å². The summed E-state index contributed by atoms with van der Waals surface area (Å²) in [6, 6.07) is 23.8. The Morgan fingerprint density at radius 1 is 0.429 bits per heavy atom. The van der Waals surface area contributed by atoms with E-state index in [1.165, 1.54) is 0 Å². The van der Waals surface area contributed by atoms with E-state index in [0.29, 0.717) is 33.9 Å². The van der Waals surface area contributed by atoms with E-state index < -0.39 is 24.0 Å². The molecule has 0 atom stereocenters. The molecule has 1 aliphatic carbocycles. The van der Waals surface area contributed by atoms with Gasteiger partial charge in [-0.15, -0.1) is 12.2 Å². The molecule has 56 heavy (non-hydrogen) atoms. The van der Waals surface area contributed by atoms with E-state index in [0.717, 1.165) is 132 Å². The van der Waals surface area contributed by atoms with E-state index in [-0.39, 0.29) is 0 Å². The van der Waals surface area contributed by atoms with Crippen LogP contribution in [0.4, 0.5) is 34.1 Å². The predicted molar refractivity (Wildman–Crippen MR) is 238 cm³/mol. The number of fused-ring (bicyclic) bond motifs is 4. The van der Waals surface area contributed by atoms with Crippen molar-refractivity contribution in [2.45, 2.75) is 103 Å². The number of nitrogens with two attached hydrogens (primary N) is 4. The normalized spacial score (nSPS) is 18.2. The summed E-state index contributed by atoms with van der Waals surface area (Å²) >= 11 is 0. The first-order valence-corrected chi connectivity index (χ1v) is 21.1. The average Bonchev–Trinajstić information content (AvgIpc) is 3.19. The Morgan fingerprint density at radius 2 is 0.679 bits per heavy atom. The van der Waals surface area contributed by atoms with Gasteiger partial charge in [0.05, 0.1) is 11.4 Å². The molecule has 8 N–H and O–H groups in total. The number of nitrogen functional groups attached to an aromatic ring is 4. The van der Waals surface area contributed by atoms with Crippen molar-refractivity contribution >= 4 is 77.2 Å². The van der Waals surface area contributed by atoms with Gasteiger partial charge < -0.3 is 42.9 Å². The Bertz CT molecular complexity index is 2040. The first kappa shape index (κ1) is 39.3. The summed E-state index contributed by atoms with van der Waals surface area (Å²) in [7, 11) is 0. The summed E-state index contributed by atoms with van der Waals surface area (Å²) in [4.78, 5) is 4.92. The predicted octanol–water partition coefficient (Wildman–Crippen LogP) is 8.78. The maximum atomic E-state index is 15.3. The SMILES string of the molecule is CCCCN(CCCC)c1c2cccc(N)c2c(C2C([O-])C(c3c4c(N)cccc4c(N(CCCC)CCCC)c4cccc(N)c34)C2[O-])c2c(N)cccc12. The minimum absolute atomic E-state index is 0.547. The van der Waals surface area contributed by atoms with Crippen LogP contribution in [-0.2, 0) is 0 Å². The maximum absolute atomic E-state index is 15.3. The molecule has 296 valence electrons. The molecule has 0 aromatic heterocycles. The highest BCUT2D eigenvalue weighted by molar-refractivity contribution is 6.21. The van der Waals surface area contributed by atoms with Crippen LogP contribution in [0.1, 0.15) is 102 Å². The number of anilines is 6. The van der Waals surface area contributed by atoms with Crippen LogP contribution in [0.2, 0.25) is 0 Å². The topological polar surface area (TPSA) is 157 Å². The first-order valence-electron chi connectivity index (χ1n) is 21.1. The monoisotopic (exact) mass is 752 g/mol. The van der Waals surface area contributed by atoms with Crippen molar-refractivity contribution in [3.63, 3.8) is 0 Å². The van der Waals surface area contributed by atoms with E-state index in [2.05, 4.69) is 61.8 Å². The van der Waals surface area contributed by atoms with Crippen molar-refractivity contribution in [2.24, 2.45) is 0 Å². The fraction of sp³-hybridized carbons (Fsp3) is 0.417. The van der Waals surface area contributed by atoms with Gasteiger partial charge in [0.2, 0.25) is 0 Å². The number of hydrogen-bond acceptors (Lipinski definition) is 8. The molecule has 1 saturated carbocycles. The van der Waals surface area contributed by atoms with Gasteiger partial charge in [-0.05, 0) is 72.9 Å². The molecule has 0 saturated heterocycles. The second kappa shape index (κ2) is 16.7. The van der Waals surface area contributed by atoms with Gasteiger partial charge in [0.1, 0.15) is 0 Å². The van der Waals surface area contributed by atoms with Crippen LogP contribution < -0.4 is 42.9 Å². The molecule has 0 radical (unpaired) electrons. The summed E-state index contributed by atoms with van der Waals surface area (Å²) in [6.07, 6.45) is 5.82. The number of hydrogen-bond donors (Lipinski definition) is 4. The molecule has 8 nitrogen and oxygen atoms in total. The zero-order valence-corrected chi connectivity index (χ0v) is 33.7. The minimum atomic E-state index is -1.29. The van der Waals surface area contributed by atoms with E-state index >= 15 is 10.2 Å². The molecule has 0 unspecified atom stereocenters. The molecule has 0 amide bonds. The summed E-state index contributed by atoms with van der Waals surface area (Å²) in [5, 5.41) is 37.5. The fourth-order valence-corrected chi connectivity index (χ4v) is 9.56. The average molecular weight is 753 g/mol. The largest absolute Gasteiger partial charge is 0.851 e. The number of unbranched alkanes of at least 4 members (excludes halogenated alkanes) is 4. The first-order chi connectivity index (χ1) is 27.2. The van der Waals surface area contributed by atoms with Crippen LogP contribution >= 0.6 is 0 Å². The highest BCUT2D eigenvalue weighted by atomic mass is 16.3. The van der Waals surface area contributed by atoms with E-state index in [1.54, 1.807) is 0 Å². The molecule has 7 rings (SSSR count). The third-order valence-corrected chi connectivity index (χ3v) is 12.3. The number of nitrogens with zero attached hydrogens (tertiary/aromatic N) is 2. The van der Waals surface area contributed by atoms with Gasteiger partial charge in [-0.25, -0.2) is 0 Å². The lowest BCUT2D eigenvalue weighted by Crippen LogP contribution is -2.63. The second-order valence-electron chi connectivity index (χ2n) is 16.0. The molecule has 1 aliphatic rings. The van der Waals surface area contributed by atoms with E-state index in [4.69, 9.17) is 22.9 Å². The summed E-state index contributed by atoms with van der Waals surface area (Å²) < 4.78 is 0. The molecule has 0 aliphatic heterocycles. The quantitative estimate of drug-likeness (QED) is 0.0565. The maximum Gasteiger partial charge on any atom is 0.0527 e. The van der Waals surface area contributed by atoms with Gasteiger partial charge >= 0.3 is 0 Å². The molecule has 6 aromatic rings. The Balaban J connectivity index is 1.47. The highest BCUT2D eigenvalue weighted by Gasteiger charge is 2.43. The van der Waals surface area contributed by atoms with Crippen LogP contribution in [0.5, 0.6) is 0 Å². The summed E-state index contributed by atoms with van der Waals surface area (Å²) in [6.45, 7) is 12.4. The molecular formula is C48H60N6O2-2. The van der Waals surface area contributed by atoms with Crippen molar-refractivity contribution < 1.29 is 10.2 Å². The standard InChI is InChI=1S/C48H60N6O2/c1-5-9-25-53(26-10-6-2)45-29-17-13-21-33(49)37(29)41(38-30(45)18-14-22-34(38)50)43-47(55)44(48(43)56)42-39-31(19-15-23-35(39)51)46(32-20-16-24-36(52)40(32)42)54(27-11-7-3)28-12-8-4/h13-24,43-44,47-48H,5-12,25-28,49-52H2,1-4H3/q-2. The van der Waals surface area contributed by atoms with E-state index in [1.807, 2.05) is 48.5 Å². The Morgan fingerprint density at radius 3 is 0.911 bits per heavy atom. The van der Waals surface area contributed by atoms with Crippen LogP contribution in [0.15, 0.2) is 72.8 Å². The zero-order chi connectivity index (χ0) is 39.7. The van der Waals surface area contributed by atoms with Gasteiger partial charge in [-0.3, -0.25) is 0 Å². The minimum Gasteiger partial charge on any atom is -0.851 e. The second-order valence-corrected chi connectivity index (χ2v) is 16.0. The van der Waals surface area contributed by atoms with Gasteiger partial charge in [-0.1, -0.05) is 102 Å². The van der Waals surface area contributed by atoms with Crippen molar-refractivity contribution in [3.8, 4) is 0 Å². The molecule has 0 bridgehead atoms. The molecule has 1 fully saturated rings. The summed E-state index contributed by atoms with van der Waals surface area (Å²) in [5.41, 5.74) is 33.4. The Hall–Kier alpha value is -4.92. The third kappa shape index (κ3) is 6.60. The van der Waals surface area contributed by atoms with Crippen LogP contribution in [0.3, 0.4) is 0 Å². The molecular weight excluding hydrogens is 693 g/mol. The lowest BCUT2D eigenvalue weighted by Gasteiger charge is -2.62. The zero-order valence-electron chi connectivity index (χ0n) is 33.7. The molecule has 8 heteroatoms. The van der Waals surface area contributed by atoms with E-state index in [9.17, 15) is 0 Å². The molecule has 0 spiro atoms. The third-order valence-electron chi connectivity index (χ3n) is 12.3. The smallest absolute Gasteiger partial charge is 0.0527 e. The summed E-state index contributed by atoms with van der Waals surface area (Å²) in [5.74, 6) is -1.78. The number of benzene rings is 6. The Kier molecular flexibility index (Phi) is 11.7. The van der Waals surface area contributed by atoms with Gasteiger partial charge in [0, 0.05) is 92.0 Å². The highest BCUT2D eigenvalue weighted by Crippen LogP contribution is 2.57. The lowest BCUT2D eigenvalue weighted by molar-refractivity contribution is -0.535. The molecule has 6 aromatic carbocycles. The van der Waals surface area contributed by atoms with Crippen molar-refractivity contribution in [2.75, 3.05) is 58.9 Å². The lowest BCUT2D eigenvalue weighted by atomic mass is 9.60. The van der Waals surface area contributed by atoms with Gasteiger partial charge in [0.25, 0.3) is 0 Å². The fourth-order valence-electron chi connectivity index (χ4n) is 9.56. The van der Waals surface area contributed by atoms with Crippen molar-refractivity contribution in [3.05, 3.63) is 83.9 Å². The van der Waals surface area contributed by atoms with Crippen molar-refractivity contribution in [1.82, 2.24) is 0 Å². The van der Waals surface area contributed by atoms with Gasteiger partial charge in [0.15, 0.2) is 0 Å². The van der Waals surface area contributed by atoms with Crippen molar-refractivity contribution in [1.29, 1.82) is 0 Å². The van der Waals surface area contributed by atoms with Crippen LogP contribution in [0, 0.1) is 0 Å². The number of rotatable bonds is 16.